The van der Waals surface area contributed by atoms with Gasteiger partial charge in [-0.3, -0.25) is 4.79 Å². The Labute approximate surface area is 156 Å². The van der Waals surface area contributed by atoms with E-state index < -0.39 is 5.60 Å². The summed E-state index contributed by atoms with van der Waals surface area (Å²) >= 11 is 3.50. The minimum absolute atomic E-state index is 0.214. The molecule has 2 heterocycles. The van der Waals surface area contributed by atoms with Crippen molar-refractivity contribution >= 4 is 32.7 Å². The topological polar surface area (TPSA) is 45.5 Å². The fraction of sp³-hybridized carbons (Fsp3) is 0.550. The summed E-state index contributed by atoms with van der Waals surface area (Å²) in [6, 6.07) is 8.32. The van der Waals surface area contributed by atoms with Crippen molar-refractivity contribution in [3.63, 3.8) is 0 Å². The second-order valence-corrected chi connectivity index (χ2v) is 8.51. The molecule has 1 saturated heterocycles. The van der Waals surface area contributed by atoms with E-state index in [1.165, 1.54) is 11.8 Å². The van der Waals surface area contributed by atoms with Gasteiger partial charge < -0.3 is 14.6 Å². The van der Waals surface area contributed by atoms with Crippen LogP contribution in [0.15, 0.2) is 34.9 Å². The van der Waals surface area contributed by atoms with Gasteiger partial charge in [-0.05, 0) is 43.5 Å². The number of nitrogens with zero attached hydrogens (tertiary/aromatic N) is 2. The summed E-state index contributed by atoms with van der Waals surface area (Å²) in [4.78, 5) is 14.7. The zero-order valence-corrected chi connectivity index (χ0v) is 16.0. The van der Waals surface area contributed by atoms with E-state index in [-0.39, 0.29) is 11.8 Å². The number of carbonyl (C=O) groups is 1. The molecule has 2 fully saturated rings. The highest BCUT2D eigenvalue weighted by Crippen LogP contribution is 2.39. The highest BCUT2D eigenvalue weighted by Gasteiger charge is 2.43. The first-order valence-corrected chi connectivity index (χ1v) is 10.1. The Hall–Kier alpha value is -1.33. The van der Waals surface area contributed by atoms with Crippen molar-refractivity contribution in [2.75, 3.05) is 13.1 Å². The molecule has 1 N–H and O–H groups in total. The number of rotatable bonds is 3. The molecule has 1 aromatic heterocycles. The SMILES string of the molecule is O=C(CCn1ccc2cc(Br)ccc21)N1CCC2(O)CCCCC2C1. The Kier molecular flexibility index (Phi) is 4.63. The third-order valence-electron chi connectivity index (χ3n) is 6.08. The summed E-state index contributed by atoms with van der Waals surface area (Å²) in [6.07, 6.45) is 7.58. The van der Waals surface area contributed by atoms with Crippen LogP contribution in [0.25, 0.3) is 10.9 Å². The quantitative estimate of drug-likeness (QED) is 0.841. The highest BCUT2D eigenvalue weighted by molar-refractivity contribution is 9.10. The predicted molar refractivity (Wildman–Crippen MR) is 102 cm³/mol. The van der Waals surface area contributed by atoms with E-state index in [2.05, 4.69) is 44.9 Å². The van der Waals surface area contributed by atoms with E-state index in [9.17, 15) is 9.90 Å². The van der Waals surface area contributed by atoms with Crippen molar-refractivity contribution in [2.24, 2.45) is 5.92 Å². The minimum atomic E-state index is -0.515. The lowest BCUT2D eigenvalue weighted by atomic mass is 9.71. The fourth-order valence-electron chi connectivity index (χ4n) is 4.54. The molecule has 1 amide bonds. The number of carbonyl (C=O) groups excluding carboxylic acids is 1. The van der Waals surface area contributed by atoms with Gasteiger partial charge in [0.25, 0.3) is 0 Å². The van der Waals surface area contributed by atoms with Crippen LogP contribution < -0.4 is 0 Å². The predicted octanol–water partition coefficient (Wildman–Crippen LogP) is 3.95. The second kappa shape index (κ2) is 6.76. The molecule has 0 spiro atoms. The van der Waals surface area contributed by atoms with Crippen LogP contribution in [0.1, 0.15) is 38.5 Å². The maximum atomic E-state index is 12.7. The Morgan fingerprint density at radius 1 is 1.28 bits per heavy atom. The summed E-state index contributed by atoms with van der Waals surface area (Å²) in [5, 5.41) is 12.0. The average molecular weight is 405 g/mol. The van der Waals surface area contributed by atoms with E-state index in [1.54, 1.807) is 0 Å². The lowest BCUT2D eigenvalue weighted by Gasteiger charge is -2.47. The first-order valence-electron chi connectivity index (χ1n) is 9.30. The lowest BCUT2D eigenvalue weighted by Crippen LogP contribution is -2.54. The monoisotopic (exact) mass is 404 g/mol. The molecule has 4 rings (SSSR count). The van der Waals surface area contributed by atoms with Crippen LogP contribution in [0, 0.1) is 5.92 Å². The van der Waals surface area contributed by atoms with Crippen LogP contribution in [-0.2, 0) is 11.3 Å². The van der Waals surface area contributed by atoms with Crippen LogP contribution in [0.2, 0.25) is 0 Å². The molecule has 1 aromatic carbocycles. The summed E-state index contributed by atoms with van der Waals surface area (Å²) in [6.45, 7) is 2.13. The van der Waals surface area contributed by atoms with Gasteiger partial charge in [-0.1, -0.05) is 28.8 Å². The number of fused-ring (bicyclic) bond motifs is 2. The molecule has 1 saturated carbocycles. The molecular formula is C20H25BrN2O2. The fourth-order valence-corrected chi connectivity index (χ4v) is 4.92. The number of aromatic nitrogens is 1. The van der Waals surface area contributed by atoms with Crippen molar-refractivity contribution < 1.29 is 9.90 Å². The Morgan fingerprint density at radius 3 is 3.04 bits per heavy atom. The third kappa shape index (κ3) is 3.36. The standard InChI is InChI=1S/C20H25BrN2O2/c21-17-4-5-18-15(13-17)6-10-22(18)11-7-19(24)23-12-9-20(25)8-2-1-3-16(20)14-23/h4-6,10,13,16,25H,1-3,7-9,11-12,14H2. The third-order valence-corrected chi connectivity index (χ3v) is 6.57. The molecule has 134 valence electrons. The van der Waals surface area contributed by atoms with Crippen molar-refractivity contribution in [1.29, 1.82) is 0 Å². The molecule has 25 heavy (non-hydrogen) atoms. The first-order chi connectivity index (χ1) is 12.0. The molecule has 1 aliphatic heterocycles. The van der Waals surface area contributed by atoms with E-state index in [0.717, 1.165) is 42.2 Å². The van der Waals surface area contributed by atoms with Gasteiger partial charge in [0.05, 0.1) is 5.60 Å². The molecule has 2 aromatic rings. The van der Waals surface area contributed by atoms with E-state index in [0.29, 0.717) is 19.5 Å². The Balaban J connectivity index is 1.39. The molecule has 2 atom stereocenters. The maximum Gasteiger partial charge on any atom is 0.224 e. The summed E-state index contributed by atoms with van der Waals surface area (Å²) < 4.78 is 3.22. The van der Waals surface area contributed by atoms with Crippen LogP contribution in [0.5, 0.6) is 0 Å². The number of benzene rings is 1. The summed E-state index contributed by atoms with van der Waals surface area (Å²) in [7, 11) is 0. The van der Waals surface area contributed by atoms with Crippen molar-refractivity contribution in [3.05, 3.63) is 34.9 Å². The largest absolute Gasteiger partial charge is 0.389 e. The molecule has 2 unspecified atom stereocenters. The van der Waals surface area contributed by atoms with Crippen LogP contribution in [-0.4, -0.2) is 39.2 Å². The number of halogens is 1. The van der Waals surface area contributed by atoms with Crippen molar-refractivity contribution in [3.8, 4) is 0 Å². The van der Waals surface area contributed by atoms with Crippen LogP contribution in [0.4, 0.5) is 0 Å². The number of likely N-dealkylation sites (tertiary alicyclic amines) is 1. The molecule has 5 heteroatoms. The molecule has 0 bridgehead atoms. The van der Waals surface area contributed by atoms with Gasteiger partial charge in [-0.25, -0.2) is 0 Å². The van der Waals surface area contributed by atoms with Gasteiger partial charge in [-0.15, -0.1) is 0 Å². The van der Waals surface area contributed by atoms with Gasteiger partial charge in [-0.2, -0.15) is 0 Å². The number of piperidine rings is 1. The first kappa shape index (κ1) is 17.1. The summed E-state index contributed by atoms with van der Waals surface area (Å²) in [5.74, 6) is 0.482. The summed E-state index contributed by atoms with van der Waals surface area (Å²) in [5.41, 5.74) is 0.648. The molecule has 4 nitrogen and oxygen atoms in total. The van der Waals surface area contributed by atoms with Crippen LogP contribution in [0.3, 0.4) is 0 Å². The van der Waals surface area contributed by atoms with Crippen molar-refractivity contribution in [2.45, 2.75) is 50.7 Å². The zero-order chi connectivity index (χ0) is 17.4. The Morgan fingerprint density at radius 2 is 2.16 bits per heavy atom. The van der Waals surface area contributed by atoms with E-state index in [4.69, 9.17) is 0 Å². The highest BCUT2D eigenvalue weighted by atomic mass is 79.9. The maximum absolute atomic E-state index is 12.7. The molecule has 2 aliphatic rings. The number of hydrogen-bond donors (Lipinski definition) is 1. The number of aliphatic hydroxyl groups is 1. The zero-order valence-electron chi connectivity index (χ0n) is 14.5. The normalized spacial score (nSPS) is 26.6. The van der Waals surface area contributed by atoms with Gasteiger partial charge in [0.2, 0.25) is 5.91 Å². The average Bonchev–Trinajstić information content (AvgIpc) is 3.00. The number of hydrogen-bond acceptors (Lipinski definition) is 2. The van der Waals surface area contributed by atoms with Crippen molar-refractivity contribution in [1.82, 2.24) is 9.47 Å². The lowest BCUT2D eigenvalue weighted by molar-refractivity contribution is -0.143. The molecular weight excluding hydrogens is 380 g/mol. The second-order valence-electron chi connectivity index (χ2n) is 7.60. The molecule has 0 radical (unpaired) electrons. The smallest absolute Gasteiger partial charge is 0.224 e. The van der Waals surface area contributed by atoms with Gasteiger partial charge in [0, 0.05) is 53.5 Å². The van der Waals surface area contributed by atoms with E-state index in [1.807, 2.05) is 11.0 Å². The minimum Gasteiger partial charge on any atom is -0.389 e. The van der Waals surface area contributed by atoms with Gasteiger partial charge >= 0.3 is 0 Å². The Bertz CT molecular complexity index is 787. The van der Waals surface area contributed by atoms with Gasteiger partial charge in [0.15, 0.2) is 0 Å². The number of aryl methyl sites for hydroxylation is 1. The number of amides is 1. The van der Waals surface area contributed by atoms with Crippen LogP contribution >= 0.6 is 15.9 Å². The van der Waals surface area contributed by atoms with E-state index >= 15 is 0 Å². The molecule has 1 aliphatic carbocycles. The van der Waals surface area contributed by atoms with Gasteiger partial charge in [0.1, 0.15) is 0 Å².